The predicted molar refractivity (Wildman–Crippen MR) is 70.4 cm³/mol. The molecule has 18 heavy (non-hydrogen) atoms. The Bertz CT molecular complexity index is 484. The molecule has 2 heterocycles. The molecule has 96 valence electrons. The molecule has 4 heteroatoms. The zero-order valence-corrected chi connectivity index (χ0v) is 10.3. The summed E-state index contributed by atoms with van der Waals surface area (Å²) in [5.74, 6) is 0.864. The first-order chi connectivity index (χ1) is 8.83. The molecule has 0 radical (unpaired) electrons. The van der Waals surface area contributed by atoms with Gasteiger partial charge in [-0.3, -0.25) is 4.90 Å². The average molecular weight is 246 g/mol. The van der Waals surface area contributed by atoms with Gasteiger partial charge in [0.1, 0.15) is 11.3 Å². The van der Waals surface area contributed by atoms with E-state index >= 15 is 0 Å². The molecule has 1 saturated heterocycles. The van der Waals surface area contributed by atoms with E-state index in [9.17, 15) is 0 Å². The number of benzene rings is 1. The zero-order valence-electron chi connectivity index (χ0n) is 10.3. The molecule has 0 spiro atoms. The van der Waals surface area contributed by atoms with Crippen molar-refractivity contribution in [3.63, 3.8) is 0 Å². The van der Waals surface area contributed by atoms with Gasteiger partial charge in [-0.05, 0) is 12.1 Å². The molecule has 1 fully saturated rings. The second kappa shape index (κ2) is 5.10. The van der Waals surface area contributed by atoms with Gasteiger partial charge in [-0.25, -0.2) is 0 Å². The Morgan fingerprint density at radius 3 is 2.78 bits per heavy atom. The van der Waals surface area contributed by atoms with E-state index in [1.54, 1.807) is 0 Å². The number of hydrogen-bond donors (Lipinski definition) is 1. The van der Waals surface area contributed by atoms with Crippen molar-refractivity contribution in [3.8, 4) is 0 Å². The second-order valence-corrected chi connectivity index (χ2v) is 4.71. The van der Waals surface area contributed by atoms with Gasteiger partial charge in [0.15, 0.2) is 0 Å². The number of nitrogens with zero attached hydrogens (tertiary/aromatic N) is 1. The number of nitrogens with two attached hydrogens (primary N) is 1. The first-order valence-corrected chi connectivity index (χ1v) is 6.37. The lowest BCUT2D eigenvalue weighted by molar-refractivity contribution is 0.0344. The largest absolute Gasteiger partial charge is 0.459 e. The molecule has 1 aromatic heterocycles. The van der Waals surface area contributed by atoms with Gasteiger partial charge in [-0.2, -0.15) is 0 Å². The van der Waals surface area contributed by atoms with Crippen LogP contribution in [0, 0.1) is 0 Å². The summed E-state index contributed by atoms with van der Waals surface area (Å²) in [5.41, 5.74) is 7.12. The van der Waals surface area contributed by atoms with Crippen LogP contribution < -0.4 is 5.73 Å². The molecule has 0 amide bonds. The van der Waals surface area contributed by atoms with Crippen LogP contribution >= 0.6 is 0 Å². The van der Waals surface area contributed by atoms with Crippen LogP contribution in [0.3, 0.4) is 0 Å². The lowest BCUT2D eigenvalue weighted by Crippen LogP contribution is -2.40. The maximum Gasteiger partial charge on any atom is 0.134 e. The molecule has 3 rings (SSSR count). The fourth-order valence-corrected chi connectivity index (χ4v) is 2.34. The number of hydrogen-bond acceptors (Lipinski definition) is 4. The van der Waals surface area contributed by atoms with E-state index < -0.39 is 0 Å². The Kier molecular flexibility index (Phi) is 3.32. The Labute approximate surface area is 106 Å². The van der Waals surface area contributed by atoms with E-state index in [1.165, 1.54) is 0 Å². The highest BCUT2D eigenvalue weighted by Gasteiger charge is 2.17. The molecular formula is C14H18N2O2. The smallest absolute Gasteiger partial charge is 0.134 e. The van der Waals surface area contributed by atoms with Gasteiger partial charge in [-0.1, -0.05) is 18.2 Å². The predicted octanol–water partition coefficient (Wildman–Crippen LogP) is 1.76. The SMILES string of the molecule is NC(CN1CCOCC1)c1cc2ccccc2o1. The Morgan fingerprint density at radius 2 is 2.00 bits per heavy atom. The third-order valence-corrected chi connectivity index (χ3v) is 3.37. The maximum absolute atomic E-state index is 6.21. The molecule has 1 atom stereocenters. The zero-order chi connectivity index (χ0) is 12.4. The average Bonchev–Trinajstić information content (AvgIpc) is 2.84. The van der Waals surface area contributed by atoms with Gasteiger partial charge < -0.3 is 14.9 Å². The van der Waals surface area contributed by atoms with Gasteiger partial charge >= 0.3 is 0 Å². The first kappa shape index (κ1) is 11.7. The van der Waals surface area contributed by atoms with Crippen molar-refractivity contribution in [2.45, 2.75) is 6.04 Å². The number of morpholine rings is 1. The minimum Gasteiger partial charge on any atom is -0.459 e. The van der Waals surface area contributed by atoms with Crippen LogP contribution in [0.15, 0.2) is 34.7 Å². The number of ether oxygens (including phenoxy) is 1. The van der Waals surface area contributed by atoms with Crippen LogP contribution in [-0.4, -0.2) is 37.7 Å². The van der Waals surface area contributed by atoms with Crippen molar-refractivity contribution < 1.29 is 9.15 Å². The van der Waals surface area contributed by atoms with Crippen molar-refractivity contribution in [1.29, 1.82) is 0 Å². The third-order valence-electron chi connectivity index (χ3n) is 3.37. The fourth-order valence-electron chi connectivity index (χ4n) is 2.34. The van der Waals surface area contributed by atoms with E-state index in [1.807, 2.05) is 30.3 Å². The molecule has 4 nitrogen and oxygen atoms in total. The van der Waals surface area contributed by atoms with Gasteiger partial charge in [0.25, 0.3) is 0 Å². The third kappa shape index (κ3) is 2.41. The van der Waals surface area contributed by atoms with E-state index in [0.717, 1.165) is 49.6 Å². The van der Waals surface area contributed by atoms with E-state index in [0.29, 0.717) is 0 Å². The summed E-state index contributed by atoms with van der Waals surface area (Å²) in [6.45, 7) is 4.32. The van der Waals surface area contributed by atoms with E-state index in [-0.39, 0.29) is 6.04 Å². The molecular weight excluding hydrogens is 228 g/mol. The van der Waals surface area contributed by atoms with Crippen molar-refractivity contribution >= 4 is 11.0 Å². The van der Waals surface area contributed by atoms with Crippen LogP contribution in [0.5, 0.6) is 0 Å². The molecule has 1 unspecified atom stereocenters. The van der Waals surface area contributed by atoms with E-state index in [2.05, 4.69) is 4.90 Å². The van der Waals surface area contributed by atoms with Gasteiger partial charge in [0.2, 0.25) is 0 Å². The van der Waals surface area contributed by atoms with Crippen LogP contribution in [-0.2, 0) is 4.74 Å². The van der Waals surface area contributed by atoms with Crippen LogP contribution in [0.2, 0.25) is 0 Å². The number of furan rings is 1. The molecule has 2 N–H and O–H groups in total. The number of fused-ring (bicyclic) bond motifs is 1. The Morgan fingerprint density at radius 1 is 1.22 bits per heavy atom. The first-order valence-electron chi connectivity index (χ1n) is 6.37. The fraction of sp³-hybridized carbons (Fsp3) is 0.429. The number of para-hydroxylation sites is 1. The molecule has 0 bridgehead atoms. The summed E-state index contributed by atoms with van der Waals surface area (Å²) in [4.78, 5) is 2.32. The molecule has 0 aliphatic carbocycles. The van der Waals surface area contributed by atoms with Gasteiger partial charge in [0, 0.05) is 25.0 Å². The summed E-state index contributed by atoms with van der Waals surface area (Å²) in [6, 6.07) is 9.97. The normalized spacial score (nSPS) is 19.2. The lowest BCUT2D eigenvalue weighted by Gasteiger charge is -2.28. The van der Waals surface area contributed by atoms with E-state index in [4.69, 9.17) is 14.9 Å². The summed E-state index contributed by atoms with van der Waals surface area (Å²) < 4.78 is 11.1. The minimum absolute atomic E-state index is 0.0736. The maximum atomic E-state index is 6.21. The monoisotopic (exact) mass is 246 g/mol. The molecule has 2 aromatic rings. The van der Waals surface area contributed by atoms with Crippen LogP contribution in [0.25, 0.3) is 11.0 Å². The lowest BCUT2D eigenvalue weighted by atomic mass is 10.2. The summed E-state index contributed by atoms with van der Waals surface area (Å²) in [6.07, 6.45) is 0. The van der Waals surface area contributed by atoms with Crippen molar-refractivity contribution in [2.75, 3.05) is 32.8 Å². The highest BCUT2D eigenvalue weighted by molar-refractivity contribution is 5.77. The van der Waals surface area contributed by atoms with Crippen molar-refractivity contribution in [2.24, 2.45) is 5.73 Å². The minimum atomic E-state index is -0.0736. The Hall–Kier alpha value is -1.36. The molecule has 1 aliphatic rings. The van der Waals surface area contributed by atoms with Crippen LogP contribution in [0.4, 0.5) is 0 Å². The standard InChI is InChI=1S/C14H18N2O2/c15-12(10-16-5-7-17-8-6-16)14-9-11-3-1-2-4-13(11)18-14/h1-4,9,12H,5-8,10,15H2. The van der Waals surface area contributed by atoms with Crippen molar-refractivity contribution in [1.82, 2.24) is 4.90 Å². The quantitative estimate of drug-likeness (QED) is 0.896. The number of rotatable bonds is 3. The second-order valence-electron chi connectivity index (χ2n) is 4.71. The summed E-state index contributed by atoms with van der Waals surface area (Å²) in [5, 5.41) is 1.12. The topological polar surface area (TPSA) is 51.6 Å². The van der Waals surface area contributed by atoms with Gasteiger partial charge in [-0.15, -0.1) is 0 Å². The molecule has 1 aromatic carbocycles. The Balaban J connectivity index is 1.72. The van der Waals surface area contributed by atoms with Gasteiger partial charge in [0.05, 0.1) is 19.3 Å². The van der Waals surface area contributed by atoms with Crippen molar-refractivity contribution in [3.05, 3.63) is 36.1 Å². The molecule has 0 saturated carbocycles. The highest BCUT2D eigenvalue weighted by Crippen LogP contribution is 2.23. The molecule has 1 aliphatic heterocycles. The van der Waals surface area contributed by atoms with Crippen LogP contribution in [0.1, 0.15) is 11.8 Å². The summed E-state index contributed by atoms with van der Waals surface area (Å²) >= 11 is 0. The highest BCUT2D eigenvalue weighted by atomic mass is 16.5. The summed E-state index contributed by atoms with van der Waals surface area (Å²) in [7, 11) is 0.